The Bertz CT molecular complexity index is 381. The average Bonchev–Trinajstić information content (AvgIpc) is 2.64. The fourth-order valence-corrected chi connectivity index (χ4v) is 2.35. The molecule has 2 rings (SSSR count). The summed E-state index contributed by atoms with van der Waals surface area (Å²) in [5.41, 5.74) is 0.941. The van der Waals surface area contributed by atoms with Gasteiger partial charge in [-0.3, -0.25) is 0 Å². The van der Waals surface area contributed by atoms with Crippen molar-refractivity contribution in [1.82, 2.24) is 9.97 Å². The summed E-state index contributed by atoms with van der Waals surface area (Å²) in [6.45, 7) is 6.84. The molecular formula is C13H21N3O. The van der Waals surface area contributed by atoms with Gasteiger partial charge in [-0.05, 0) is 32.6 Å². The normalized spacial score (nSPS) is 23.7. The summed E-state index contributed by atoms with van der Waals surface area (Å²) in [5.74, 6) is 2.06. The summed E-state index contributed by atoms with van der Waals surface area (Å²) in [7, 11) is 0. The van der Waals surface area contributed by atoms with E-state index in [0.717, 1.165) is 5.69 Å². The molecule has 94 valence electrons. The number of aromatic nitrogens is 2. The molecule has 0 aromatic carbocycles. The maximum Gasteiger partial charge on any atom is 0.226 e. The van der Waals surface area contributed by atoms with E-state index in [1.165, 1.54) is 19.3 Å². The minimum absolute atomic E-state index is 0.506. The molecule has 1 aliphatic carbocycles. The van der Waals surface area contributed by atoms with Gasteiger partial charge in [-0.1, -0.05) is 13.3 Å². The van der Waals surface area contributed by atoms with E-state index in [1.807, 2.05) is 19.9 Å². The Labute approximate surface area is 103 Å². The molecule has 4 heteroatoms. The first kappa shape index (κ1) is 12.1. The summed E-state index contributed by atoms with van der Waals surface area (Å²) in [6, 6.07) is 2.37. The van der Waals surface area contributed by atoms with Crippen LogP contribution in [0.3, 0.4) is 0 Å². The van der Waals surface area contributed by atoms with Crippen molar-refractivity contribution in [3.63, 3.8) is 0 Å². The Morgan fingerprint density at radius 1 is 1.41 bits per heavy atom. The van der Waals surface area contributed by atoms with Crippen LogP contribution >= 0.6 is 0 Å². The molecule has 0 aliphatic heterocycles. The summed E-state index contributed by atoms with van der Waals surface area (Å²) in [4.78, 5) is 8.79. The lowest BCUT2D eigenvalue weighted by Gasteiger charge is -2.17. The molecule has 1 aromatic rings. The van der Waals surface area contributed by atoms with E-state index in [-0.39, 0.29) is 0 Å². The SMILES string of the molecule is CCOc1cc(C)nc(NC2CCCC2C)n1. The smallest absolute Gasteiger partial charge is 0.226 e. The highest BCUT2D eigenvalue weighted by molar-refractivity contribution is 5.32. The third-order valence-corrected chi connectivity index (χ3v) is 3.30. The fraction of sp³-hybridized carbons (Fsp3) is 0.692. The predicted molar refractivity (Wildman–Crippen MR) is 68.4 cm³/mol. The van der Waals surface area contributed by atoms with Gasteiger partial charge in [0.15, 0.2) is 0 Å². The van der Waals surface area contributed by atoms with Gasteiger partial charge in [0.25, 0.3) is 0 Å². The van der Waals surface area contributed by atoms with Gasteiger partial charge >= 0.3 is 0 Å². The van der Waals surface area contributed by atoms with Crippen molar-refractivity contribution in [2.24, 2.45) is 5.92 Å². The number of aryl methyl sites for hydroxylation is 1. The molecule has 1 N–H and O–H groups in total. The average molecular weight is 235 g/mol. The molecule has 0 spiro atoms. The topological polar surface area (TPSA) is 47.0 Å². The van der Waals surface area contributed by atoms with E-state index in [0.29, 0.717) is 30.4 Å². The van der Waals surface area contributed by atoms with E-state index in [1.54, 1.807) is 0 Å². The van der Waals surface area contributed by atoms with Crippen LogP contribution in [0.4, 0.5) is 5.95 Å². The lowest BCUT2D eigenvalue weighted by Crippen LogP contribution is -2.23. The molecule has 1 aromatic heterocycles. The van der Waals surface area contributed by atoms with Crippen molar-refractivity contribution >= 4 is 5.95 Å². The summed E-state index contributed by atoms with van der Waals surface area (Å²) in [6.07, 6.45) is 3.80. The second kappa shape index (κ2) is 5.34. The van der Waals surface area contributed by atoms with E-state index in [2.05, 4.69) is 22.2 Å². The highest BCUT2D eigenvalue weighted by Gasteiger charge is 2.23. The van der Waals surface area contributed by atoms with E-state index < -0.39 is 0 Å². The van der Waals surface area contributed by atoms with Crippen molar-refractivity contribution in [2.75, 3.05) is 11.9 Å². The zero-order valence-corrected chi connectivity index (χ0v) is 10.9. The predicted octanol–water partition coefficient (Wildman–Crippen LogP) is 2.78. The molecule has 0 amide bonds. The fourth-order valence-electron chi connectivity index (χ4n) is 2.35. The van der Waals surface area contributed by atoms with Gasteiger partial charge < -0.3 is 10.1 Å². The van der Waals surface area contributed by atoms with E-state index in [9.17, 15) is 0 Å². The Morgan fingerprint density at radius 3 is 2.88 bits per heavy atom. The maximum atomic E-state index is 5.43. The Hall–Kier alpha value is -1.32. The molecule has 1 heterocycles. The van der Waals surface area contributed by atoms with Gasteiger partial charge in [-0.25, -0.2) is 4.98 Å². The molecule has 0 bridgehead atoms. The van der Waals surface area contributed by atoms with Crippen LogP contribution in [0.1, 0.15) is 38.8 Å². The van der Waals surface area contributed by atoms with Crippen molar-refractivity contribution < 1.29 is 4.74 Å². The first-order chi connectivity index (χ1) is 8.19. The molecule has 1 aliphatic rings. The number of hydrogen-bond donors (Lipinski definition) is 1. The summed E-state index contributed by atoms with van der Waals surface area (Å²) >= 11 is 0. The quantitative estimate of drug-likeness (QED) is 0.871. The second-order valence-corrected chi connectivity index (χ2v) is 4.76. The Morgan fingerprint density at radius 2 is 2.24 bits per heavy atom. The van der Waals surface area contributed by atoms with E-state index in [4.69, 9.17) is 4.74 Å². The van der Waals surface area contributed by atoms with Crippen molar-refractivity contribution in [3.05, 3.63) is 11.8 Å². The summed E-state index contributed by atoms with van der Waals surface area (Å²) in [5, 5.41) is 3.43. The van der Waals surface area contributed by atoms with Crippen LogP contribution in [0, 0.1) is 12.8 Å². The van der Waals surface area contributed by atoms with Gasteiger partial charge in [0.2, 0.25) is 11.8 Å². The largest absolute Gasteiger partial charge is 0.478 e. The lowest BCUT2D eigenvalue weighted by atomic mass is 10.1. The van der Waals surface area contributed by atoms with Gasteiger partial charge in [-0.2, -0.15) is 4.98 Å². The van der Waals surface area contributed by atoms with Gasteiger partial charge in [0.05, 0.1) is 6.61 Å². The minimum Gasteiger partial charge on any atom is -0.478 e. The number of nitrogens with one attached hydrogen (secondary N) is 1. The third kappa shape index (κ3) is 3.08. The van der Waals surface area contributed by atoms with Crippen LogP contribution < -0.4 is 10.1 Å². The monoisotopic (exact) mass is 235 g/mol. The number of hydrogen-bond acceptors (Lipinski definition) is 4. The molecule has 1 saturated carbocycles. The van der Waals surface area contributed by atoms with Gasteiger partial charge in [-0.15, -0.1) is 0 Å². The van der Waals surface area contributed by atoms with Gasteiger partial charge in [0, 0.05) is 17.8 Å². The van der Waals surface area contributed by atoms with Crippen LogP contribution in [0.15, 0.2) is 6.07 Å². The minimum atomic E-state index is 0.506. The van der Waals surface area contributed by atoms with Crippen LogP contribution in [-0.4, -0.2) is 22.6 Å². The van der Waals surface area contributed by atoms with Crippen LogP contribution in [0.5, 0.6) is 5.88 Å². The zero-order valence-electron chi connectivity index (χ0n) is 10.9. The molecule has 4 nitrogen and oxygen atoms in total. The molecule has 0 radical (unpaired) electrons. The molecule has 2 atom stereocenters. The van der Waals surface area contributed by atoms with Crippen LogP contribution in [-0.2, 0) is 0 Å². The Balaban J connectivity index is 2.09. The van der Waals surface area contributed by atoms with Crippen LogP contribution in [0.25, 0.3) is 0 Å². The third-order valence-electron chi connectivity index (χ3n) is 3.30. The first-order valence-electron chi connectivity index (χ1n) is 6.44. The Kier molecular flexibility index (Phi) is 3.82. The van der Waals surface area contributed by atoms with Gasteiger partial charge in [0.1, 0.15) is 0 Å². The van der Waals surface area contributed by atoms with E-state index >= 15 is 0 Å². The molecular weight excluding hydrogens is 214 g/mol. The first-order valence-corrected chi connectivity index (χ1v) is 6.44. The van der Waals surface area contributed by atoms with Crippen molar-refractivity contribution in [3.8, 4) is 5.88 Å². The van der Waals surface area contributed by atoms with Crippen molar-refractivity contribution in [2.45, 2.75) is 46.1 Å². The standard InChI is InChI=1S/C13H21N3O/c1-4-17-12-8-10(3)14-13(16-12)15-11-7-5-6-9(11)2/h8-9,11H,4-7H2,1-3H3,(H,14,15,16). The number of anilines is 1. The number of nitrogens with zero attached hydrogens (tertiary/aromatic N) is 2. The zero-order chi connectivity index (χ0) is 12.3. The molecule has 17 heavy (non-hydrogen) atoms. The molecule has 1 fully saturated rings. The number of rotatable bonds is 4. The summed E-state index contributed by atoms with van der Waals surface area (Å²) < 4.78 is 5.43. The molecule has 2 unspecified atom stereocenters. The number of ether oxygens (including phenoxy) is 1. The maximum absolute atomic E-state index is 5.43. The highest BCUT2D eigenvalue weighted by atomic mass is 16.5. The molecule has 0 saturated heterocycles. The van der Waals surface area contributed by atoms with Crippen molar-refractivity contribution in [1.29, 1.82) is 0 Å². The van der Waals surface area contributed by atoms with Crippen LogP contribution in [0.2, 0.25) is 0 Å². The lowest BCUT2D eigenvalue weighted by molar-refractivity contribution is 0.326. The highest BCUT2D eigenvalue weighted by Crippen LogP contribution is 2.27. The second-order valence-electron chi connectivity index (χ2n) is 4.76.